The highest BCUT2D eigenvalue weighted by Gasteiger charge is 2.36. The van der Waals surface area contributed by atoms with Gasteiger partial charge in [-0.3, -0.25) is 14.9 Å². The molecule has 0 unspecified atom stereocenters. The average Bonchev–Trinajstić information content (AvgIpc) is 2.76. The van der Waals surface area contributed by atoms with Crippen molar-refractivity contribution in [2.75, 3.05) is 25.7 Å². The zero-order valence-electron chi connectivity index (χ0n) is 16.6. The van der Waals surface area contributed by atoms with Gasteiger partial charge in [-0.25, -0.2) is 9.69 Å². The van der Waals surface area contributed by atoms with E-state index in [9.17, 15) is 14.4 Å². The van der Waals surface area contributed by atoms with Gasteiger partial charge in [0.15, 0.2) is 11.5 Å². The first-order valence-electron chi connectivity index (χ1n) is 8.89. The first kappa shape index (κ1) is 21.9. The SMILES string of the molecule is C#CCOc1c(Br)cc(/C=C2\C(=O)NC(=O)N(c3ccc(OC)cc3)C2=O)cc1OC. The molecule has 0 saturated carbocycles. The molecule has 31 heavy (non-hydrogen) atoms. The number of methoxy groups -OCH3 is 2. The summed E-state index contributed by atoms with van der Waals surface area (Å²) in [6.07, 6.45) is 6.59. The monoisotopic (exact) mass is 484 g/mol. The molecule has 3 rings (SSSR count). The van der Waals surface area contributed by atoms with Crippen LogP contribution in [-0.4, -0.2) is 38.7 Å². The van der Waals surface area contributed by atoms with Gasteiger partial charge < -0.3 is 14.2 Å². The van der Waals surface area contributed by atoms with E-state index in [1.807, 2.05) is 0 Å². The molecule has 1 N–H and O–H groups in total. The third kappa shape index (κ3) is 4.54. The Hall–Kier alpha value is -3.77. The minimum atomic E-state index is -0.839. The molecule has 1 aliphatic heterocycles. The van der Waals surface area contributed by atoms with Crippen LogP contribution >= 0.6 is 15.9 Å². The van der Waals surface area contributed by atoms with Crippen LogP contribution in [0.15, 0.2) is 46.4 Å². The van der Waals surface area contributed by atoms with E-state index in [0.717, 1.165) is 4.90 Å². The van der Waals surface area contributed by atoms with Crippen molar-refractivity contribution >= 4 is 45.5 Å². The van der Waals surface area contributed by atoms with Crippen LogP contribution in [0.25, 0.3) is 6.08 Å². The van der Waals surface area contributed by atoms with Crippen LogP contribution in [0.1, 0.15) is 5.56 Å². The Bertz CT molecular complexity index is 1120. The molecule has 1 fully saturated rings. The fourth-order valence-electron chi connectivity index (χ4n) is 2.87. The lowest BCUT2D eigenvalue weighted by Gasteiger charge is -2.26. The van der Waals surface area contributed by atoms with Gasteiger partial charge in [-0.1, -0.05) is 5.92 Å². The first-order chi connectivity index (χ1) is 14.9. The Morgan fingerprint density at radius 2 is 1.84 bits per heavy atom. The van der Waals surface area contributed by atoms with Gasteiger partial charge >= 0.3 is 6.03 Å². The number of benzene rings is 2. The molecule has 158 valence electrons. The summed E-state index contributed by atoms with van der Waals surface area (Å²) in [5.74, 6) is 2.10. The molecule has 1 heterocycles. The minimum absolute atomic E-state index is 0.0369. The molecule has 0 aliphatic carbocycles. The molecule has 0 spiro atoms. The van der Waals surface area contributed by atoms with Crippen LogP contribution in [-0.2, 0) is 9.59 Å². The Morgan fingerprint density at radius 1 is 1.13 bits per heavy atom. The standard InChI is InChI=1S/C22H17BrN2O6/c1-4-9-31-19-17(23)11-13(12-18(19)30-3)10-16-20(26)24-22(28)25(21(16)27)14-5-7-15(29-2)8-6-14/h1,5-8,10-12H,9H2,2-3H3,(H,24,26,28)/b16-10+. The van der Waals surface area contributed by atoms with Crippen LogP contribution in [0.4, 0.5) is 10.5 Å². The number of hydrogen-bond donors (Lipinski definition) is 1. The van der Waals surface area contributed by atoms with Crippen LogP contribution in [0.5, 0.6) is 17.2 Å². The number of hydrogen-bond acceptors (Lipinski definition) is 6. The number of halogens is 1. The number of terminal acetylenes is 1. The summed E-state index contributed by atoms with van der Waals surface area (Å²) in [5, 5.41) is 2.18. The van der Waals surface area contributed by atoms with Gasteiger partial charge in [0, 0.05) is 0 Å². The zero-order valence-corrected chi connectivity index (χ0v) is 18.2. The molecule has 9 heteroatoms. The number of ether oxygens (including phenoxy) is 3. The zero-order chi connectivity index (χ0) is 22.5. The first-order valence-corrected chi connectivity index (χ1v) is 9.68. The van der Waals surface area contributed by atoms with E-state index in [2.05, 4.69) is 27.2 Å². The molecule has 1 saturated heterocycles. The number of imide groups is 2. The number of carbonyl (C=O) groups is 3. The quantitative estimate of drug-likeness (QED) is 0.384. The van der Waals surface area contributed by atoms with Crippen molar-refractivity contribution in [2.45, 2.75) is 0 Å². The largest absolute Gasteiger partial charge is 0.497 e. The lowest BCUT2D eigenvalue weighted by Crippen LogP contribution is -2.54. The van der Waals surface area contributed by atoms with E-state index in [-0.39, 0.29) is 12.2 Å². The second-order valence-corrected chi connectivity index (χ2v) is 7.04. The van der Waals surface area contributed by atoms with Crippen molar-refractivity contribution < 1.29 is 28.6 Å². The summed E-state index contributed by atoms with van der Waals surface area (Å²) in [6, 6.07) is 8.67. The molecule has 0 aromatic heterocycles. The molecular weight excluding hydrogens is 468 g/mol. The van der Waals surface area contributed by atoms with E-state index >= 15 is 0 Å². The molecule has 0 atom stereocenters. The maximum absolute atomic E-state index is 13.0. The third-order valence-corrected chi connectivity index (χ3v) is 4.88. The Morgan fingerprint density at radius 3 is 2.45 bits per heavy atom. The summed E-state index contributed by atoms with van der Waals surface area (Å²) in [7, 11) is 2.95. The predicted molar refractivity (Wildman–Crippen MR) is 117 cm³/mol. The molecule has 2 aromatic rings. The molecule has 8 nitrogen and oxygen atoms in total. The number of amides is 4. The van der Waals surface area contributed by atoms with Crippen molar-refractivity contribution in [3.05, 3.63) is 52.0 Å². The number of barbiturate groups is 1. The lowest BCUT2D eigenvalue weighted by molar-refractivity contribution is -0.122. The molecule has 0 radical (unpaired) electrons. The van der Waals surface area contributed by atoms with Crippen molar-refractivity contribution in [2.24, 2.45) is 0 Å². The number of rotatable bonds is 6. The maximum atomic E-state index is 13.0. The summed E-state index contributed by atoms with van der Waals surface area (Å²) < 4.78 is 16.4. The van der Waals surface area contributed by atoms with Gasteiger partial charge in [-0.05, 0) is 64.0 Å². The fourth-order valence-corrected chi connectivity index (χ4v) is 3.44. The maximum Gasteiger partial charge on any atom is 0.335 e. The van der Waals surface area contributed by atoms with E-state index in [0.29, 0.717) is 33.0 Å². The average molecular weight is 485 g/mol. The van der Waals surface area contributed by atoms with Gasteiger partial charge in [-0.15, -0.1) is 6.42 Å². The van der Waals surface area contributed by atoms with Crippen molar-refractivity contribution in [1.29, 1.82) is 0 Å². The summed E-state index contributed by atoms with van der Waals surface area (Å²) in [6.45, 7) is 0.0369. The topological polar surface area (TPSA) is 94.2 Å². The highest BCUT2D eigenvalue weighted by Crippen LogP contribution is 2.37. The Labute approximate surface area is 186 Å². The van der Waals surface area contributed by atoms with Crippen LogP contribution in [0, 0.1) is 12.3 Å². The number of urea groups is 1. The third-order valence-electron chi connectivity index (χ3n) is 4.29. The number of nitrogens with zero attached hydrogens (tertiary/aromatic N) is 1. The molecule has 0 bridgehead atoms. The second kappa shape index (κ2) is 9.36. The molecular formula is C22H17BrN2O6. The Balaban J connectivity index is 1.99. The number of anilines is 1. The Kier molecular flexibility index (Phi) is 6.62. The smallest absolute Gasteiger partial charge is 0.335 e. The molecule has 2 aromatic carbocycles. The van der Waals surface area contributed by atoms with Crippen molar-refractivity contribution in [3.63, 3.8) is 0 Å². The van der Waals surface area contributed by atoms with Gasteiger partial charge in [0.1, 0.15) is 17.9 Å². The van der Waals surface area contributed by atoms with E-state index < -0.39 is 17.8 Å². The minimum Gasteiger partial charge on any atom is -0.497 e. The van der Waals surface area contributed by atoms with Gasteiger partial charge in [0.2, 0.25) is 0 Å². The normalized spacial score (nSPS) is 14.8. The summed E-state index contributed by atoms with van der Waals surface area (Å²) in [5.41, 5.74) is 0.541. The van der Waals surface area contributed by atoms with E-state index in [1.165, 1.54) is 20.3 Å². The summed E-state index contributed by atoms with van der Waals surface area (Å²) >= 11 is 3.37. The number of carbonyl (C=O) groups excluding carboxylic acids is 3. The van der Waals surface area contributed by atoms with Gasteiger partial charge in [0.25, 0.3) is 11.8 Å². The second-order valence-electron chi connectivity index (χ2n) is 6.18. The lowest BCUT2D eigenvalue weighted by atomic mass is 10.1. The van der Waals surface area contributed by atoms with Gasteiger partial charge in [-0.2, -0.15) is 0 Å². The summed E-state index contributed by atoms with van der Waals surface area (Å²) in [4.78, 5) is 38.6. The highest BCUT2D eigenvalue weighted by molar-refractivity contribution is 9.10. The van der Waals surface area contributed by atoms with Crippen LogP contribution in [0.2, 0.25) is 0 Å². The highest BCUT2D eigenvalue weighted by atomic mass is 79.9. The van der Waals surface area contributed by atoms with Crippen molar-refractivity contribution in [3.8, 4) is 29.6 Å². The fraction of sp³-hybridized carbons (Fsp3) is 0.136. The molecule has 1 aliphatic rings. The number of nitrogens with one attached hydrogen (secondary N) is 1. The molecule has 4 amide bonds. The van der Waals surface area contributed by atoms with Crippen LogP contribution < -0.4 is 24.4 Å². The van der Waals surface area contributed by atoms with Crippen LogP contribution in [0.3, 0.4) is 0 Å². The van der Waals surface area contributed by atoms with Crippen molar-refractivity contribution in [1.82, 2.24) is 5.32 Å². The van der Waals surface area contributed by atoms with Gasteiger partial charge in [0.05, 0.1) is 24.4 Å². The predicted octanol–water partition coefficient (Wildman–Crippen LogP) is 3.14. The van der Waals surface area contributed by atoms with E-state index in [1.54, 1.807) is 36.4 Å². The van der Waals surface area contributed by atoms with E-state index in [4.69, 9.17) is 20.6 Å².